The van der Waals surface area contributed by atoms with Gasteiger partial charge in [-0.25, -0.2) is 0 Å². The first-order valence-corrected chi connectivity index (χ1v) is 6.99. The van der Waals surface area contributed by atoms with Crippen LogP contribution in [0, 0.1) is 0 Å². The quantitative estimate of drug-likeness (QED) is 0.638. The van der Waals surface area contributed by atoms with E-state index in [1.807, 2.05) is 12.1 Å². The second-order valence-electron chi connectivity index (χ2n) is 3.68. The van der Waals surface area contributed by atoms with Crippen LogP contribution in [0.25, 0.3) is 9.65 Å². The van der Waals surface area contributed by atoms with E-state index in [0.717, 1.165) is 12.0 Å². The molecule has 84 valence electrons. The third-order valence-electron chi connectivity index (χ3n) is 2.62. The molecule has 0 radical (unpaired) electrons. The van der Waals surface area contributed by atoms with Crippen LogP contribution in [-0.2, 0) is 6.42 Å². The predicted octanol–water partition coefficient (Wildman–Crippen LogP) is 2.67. The van der Waals surface area contributed by atoms with E-state index in [4.69, 9.17) is 4.74 Å². The zero-order valence-corrected chi connectivity index (χ0v) is 11.4. The van der Waals surface area contributed by atoms with Gasteiger partial charge in [0.2, 0.25) is 0 Å². The minimum absolute atomic E-state index is 0.0985. The van der Waals surface area contributed by atoms with E-state index in [1.54, 1.807) is 14.0 Å². The van der Waals surface area contributed by atoms with E-state index in [-0.39, 0.29) is 5.78 Å². The molecule has 0 aliphatic carbocycles. The Labute approximate surface area is 101 Å². The van der Waals surface area contributed by atoms with Gasteiger partial charge in [0.25, 0.3) is 0 Å². The second kappa shape index (κ2) is 4.44. The van der Waals surface area contributed by atoms with Gasteiger partial charge in [-0.15, -0.1) is 0 Å². The van der Waals surface area contributed by atoms with Gasteiger partial charge in [0.1, 0.15) is 0 Å². The van der Waals surface area contributed by atoms with Gasteiger partial charge < -0.3 is 0 Å². The van der Waals surface area contributed by atoms with E-state index < -0.39 is 0 Å². The summed E-state index contributed by atoms with van der Waals surface area (Å²) >= 11 is 0.291. The Morgan fingerprint density at radius 2 is 2.19 bits per heavy atom. The van der Waals surface area contributed by atoms with Crippen molar-refractivity contribution in [3.63, 3.8) is 0 Å². The normalized spacial score (nSPS) is 10.7. The number of carbonyl (C=O) groups is 1. The average molecular weight is 281 g/mol. The van der Waals surface area contributed by atoms with Crippen LogP contribution in [0.1, 0.15) is 28.6 Å². The summed E-state index contributed by atoms with van der Waals surface area (Å²) in [6.45, 7) is 3.77. The van der Waals surface area contributed by atoms with Crippen molar-refractivity contribution in [2.75, 3.05) is 7.11 Å². The standard InChI is InChI=1S/C13H14O2Se/c1-4-10-7-9-5-6-11(15-3)12(8(2)14)13(9)16-10/h5-7H,4H2,1-3H3. The molecule has 0 aliphatic heterocycles. The number of carbonyl (C=O) groups excluding carboxylic acids is 1. The van der Waals surface area contributed by atoms with Crippen molar-refractivity contribution in [3.05, 3.63) is 28.2 Å². The summed E-state index contributed by atoms with van der Waals surface area (Å²) in [5.74, 6) is 0.806. The van der Waals surface area contributed by atoms with Crippen molar-refractivity contribution in [1.29, 1.82) is 0 Å². The molecule has 1 aromatic carbocycles. The molecule has 0 saturated carbocycles. The number of methoxy groups -OCH3 is 1. The molecule has 0 spiro atoms. The first-order chi connectivity index (χ1) is 7.67. The number of benzene rings is 1. The molecule has 2 rings (SSSR count). The number of ketones is 1. The Balaban J connectivity index is 2.77. The van der Waals surface area contributed by atoms with Crippen LogP contribution in [-0.4, -0.2) is 27.4 Å². The molecule has 1 aromatic heterocycles. The third kappa shape index (κ3) is 1.81. The Hall–Kier alpha value is -1.05. The van der Waals surface area contributed by atoms with Crippen LogP contribution in [0.5, 0.6) is 5.75 Å². The van der Waals surface area contributed by atoms with E-state index in [0.29, 0.717) is 20.3 Å². The maximum absolute atomic E-state index is 11.7. The number of Topliss-reactive ketones (excluding diaryl/α,β-unsaturated/α-hetero) is 1. The van der Waals surface area contributed by atoms with Gasteiger partial charge in [-0.1, -0.05) is 0 Å². The summed E-state index contributed by atoms with van der Waals surface area (Å²) in [4.78, 5) is 11.7. The monoisotopic (exact) mass is 282 g/mol. The van der Waals surface area contributed by atoms with E-state index in [2.05, 4.69) is 13.0 Å². The van der Waals surface area contributed by atoms with Gasteiger partial charge in [-0.05, 0) is 0 Å². The molecule has 0 unspecified atom stereocenters. The van der Waals surface area contributed by atoms with Gasteiger partial charge >= 0.3 is 101 Å². The summed E-state index contributed by atoms with van der Waals surface area (Å²) in [5.41, 5.74) is 0.778. The summed E-state index contributed by atoms with van der Waals surface area (Å²) in [6.07, 6.45) is 1.06. The summed E-state index contributed by atoms with van der Waals surface area (Å²) < 4.78 is 7.90. The molecule has 0 N–H and O–H groups in total. The van der Waals surface area contributed by atoms with Crippen LogP contribution in [0.2, 0.25) is 0 Å². The van der Waals surface area contributed by atoms with Crippen molar-refractivity contribution in [3.8, 4) is 5.75 Å². The molecule has 3 heteroatoms. The Morgan fingerprint density at radius 1 is 1.44 bits per heavy atom. The topological polar surface area (TPSA) is 26.3 Å². The van der Waals surface area contributed by atoms with Crippen LogP contribution in [0.15, 0.2) is 18.2 Å². The fourth-order valence-corrected chi connectivity index (χ4v) is 4.30. The number of fused-ring (bicyclic) bond motifs is 1. The number of hydrogen-bond donors (Lipinski definition) is 0. The molecule has 0 atom stereocenters. The van der Waals surface area contributed by atoms with Crippen LogP contribution < -0.4 is 4.74 Å². The van der Waals surface area contributed by atoms with Gasteiger partial charge in [-0.2, -0.15) is 0 Å². The number of rotatable bonds is 3. The average Bonchev–Trinajstić information content (AvgIpc) is 2.69. The molecular formula is C13H14O2Se. The van der Waals surface area contributed by atoms with Crippen molar-refractivity contribution in [2.45, 2.75) is 20.3 Å². The molecule has 0 amide bonds. The second-order valence-corrected chi connectivity index (χ2v) is 6.07. The molecule has 16 heavy (non-hydrogen) atoms. The first-order valence-electron chi connectivity index (χ1n) is 5.27. The molecule has 1 heterocycles. The zero-order chi connectivity index (χ0) is 11.7. The maximum atomic E-state index is 11.7. The Morgan fingerprint density at radius 3 is 2.75 bits per heavy atom. The number of hydrogen-bond acceptors (Lipinski definition) is 2. The number of ether oxygens (including phenoxy) is 1. The first kappa shape index (κ1) is 11.4. The molecule has 0 aliphatic rings. The number of aryl methyl sites for hydroxylation is 1. The molecule has 2 nitrogen and oxygen atoms in total. The molecule has 0 bridgehead atoms. The predicted molar refractivity (Wildman–Crippen MR) is 66.8 cm³/mol. The summed E-state index contributed by atoms with van der Waals surface area (Å²) in [5, 5.41) is 1.20. The van der Waals surface area contributed by atoms with Crippen LogP contribution in [0.3, 0.4) is 0 Å². The fourth-order valence-electron chi connectivity index (χ4n) is 1.82. The van der Waals surface area contributed by atoms with Crippen molar-refractivity contribution >= 4 is 29.9 Å². The summed E-state index contributed by atoms with van der Waals surface area (Å²) in [6, 6.07) is 6.15. The van der Waals surface area contributed by atoms with Crippen LogP contribution in [0.4, 0.5) is 0 Å². The van der Waals surface area contributed by atoms with E-state index in [1.165, 1.54) is 14.1 Å². The van der Waals surface area contributed by atoms with Crippen molar-refractivity contribution in [1.82, 2.24) is 0 Å². The van der Waals surface area contributed by atoms with Crippen LogP contribution >= 0.6 is 0 Å². The Bertz CT molecular complexity index is 540. The van der Waals surface area contributed by atoms with Crippen molar-refractivity contribution in [2.24, 2.45) is 0 Å². The van der Waals surface area contributed by atoms with Gasteiger partial charge in [0.05, 0.1) is 0 Å². The summed E-state index contributed by atoms with van der Waals surface area (Å²) in [7, 11) is 1.62. The van der Waals surface area contributed by atoms with Gasteiger partial charge in [-0.3, -0.25) is 0 Å². The molecule has 0 saturated heterocycles. The third-order valence-corrected chi connectivity index (χ3v) is 5.37. The Kier molecular flexibility index (Phi) is 3.17. The molecular weight excluding hydrogens is 267 g/mol. The van der Waals surface area contributed by atoms with Crippen molar-refractivity contribution < 1.29 is 9.53 Å². The van der Waals surface area contributed by atoms with Gasteiger partial charge in [0, 0.05) is 0 Å². The molecule has 0 fully saturated rings. The van der Waals surface area contributed by atoms with E-state index in [9.17, 15) is 4.79 Å². The van der Waals surface area contributed by atoms with E-state index >= 15 is 0 Å². The zero-order valence-electron chi connectivity index (χ0n) is 9.66. The molecule has 2 aromatic rings. The van der Waals surface area contributed by atoms with Gasteiger partial charge in [0.15, 0.2) is 0 Å². The SMILES string of the molecule is CCc1cc2ccc(OC)c(C(C)=O)c2[se]1. The fraction of sp³-hybridized carbons (Fsp3) is 0.308. The minimum atomic E-state index is 0.0985.